The molecule has 0 bridgehead atoms. The molecule has 0 aromatic rings. The van der Waals surface area contributed by atoms with Crippen LogP contribution in [0.15, 0.2) is 0 Å². The Bertz CT molecular complexity index is 1300. The monoisotopic (exact) mass is 635 g/mol. The third-order valence-electron chi connectivity index (χ3n) is 12.2. The van der Waals surface area contributed by atoms with Crippen LogP contribution < -0.4 is 0 Å². The minimum absolute atomic E-state index is 0.0277. The lowest BCUT2D eigenvalue weighted by molar-refractivity contribution is -0.197. The van der Waals surface area contributed by atoms with E-state index in [1.165, 1.54) is 27.7 Å². The highest BCUT2D eigenvalue weighted by Crippen LogP contribution is 2.68. The van der Waals surface area contributed by atoms with E-state index < -0.39 is 83.1 Å². The van der Waals surface area contributed by atoms with Crippen molar-refractivity contribution < 1.29 is 47.0 Å². The molecule has 254 valence electrons. The molecule has 9 heteroatoms. The standard InChI is InChI=1S/C36H56O9/c1-18(2)19(3)33(44-23(7)39)34(45-24(8)40)20(4)26-11-12-27-25-15-30(41)29-16-31(42-21(5)37)32(43-22(6)38)17-36(29,10)28(25)13-14-35(26,27)9/h18-20,25-29,31-34H,11-17H2,1-10H3/t19-,20+,25+,26-,27+,28+,29-,31+,32-,33-,34-,35-,36-/m1/s1/i15D2,29D. The summed E-state index contributed by atoms with van der Waals surface area (Å²) >= 11 is 0. The summed E-state index contributed by atoms with van der Waals surface area (Å²) in [6.45, 7) is 17.3. The first-order valence-corrected chi connectivity index (χ1v) is 16.8. The maximum atomic E-state index is 14.4. The third-order valence-corrected chi connectivity index (χ3v) is 12.2. The number of fused-ring (bicyclic) bond motifs is 5. The molecule has 4 aliphatic rings. The first kappa shape index (κ1) is 31.2. The summed E-state index contributed by atoms with van der Waals surface area (Å²) < 4.78 is 51.4. The molecule has 0 aliphatic heterocycles. The van der Waals surface area contributed by atoms with Crippen LogP contribution in [0.25, 0.3) is 0 Å². The number of carbonyl (C=O) groups excluding carboxylic acids is 5. The molecule has 9 nitrogen and oxygen atoms in total. The van der Waals surface area contributed by atoms with Gasteiger partial charge in [0.05, 0.1) is 0 Å². The predicted molar refractivity (Wildman–Crippen MR) is 166 cm³/mol. The normalized spacial score (nSPS) is 42.2. The van der Waals surface area contributed by atoms with Crippen molar-refractivity contribution in [1.29, 1.82) is 0 Å². The van der Waals surface area contributed by atoms with Crippen molar-refractivity contribution in [1.82, 2.24) is 0 Å². The number of esters is 4. The van der Waals surface area contributed by atoms with Gasteiger partial charge in [0.1, 0.15) is 30.2 Å². The largest absolute Gasteiger partial charge is 0.459 e. The second-order valence-electron chi connectivity index (χ2n) is 15.2. The number of Topliss-reactive ketones (excluding diaryl/α,β-unsaturated/α-hetero) is 1. The van der Waals surface area contributed by atoms with E-state index >= 15 is 0 Å². The Morgan fingerprint density at radius 2 is 1.36 bits per heavy atom. The van der Waals surface area contributed by atoms with Gasteiger partial charge in [-0.2, -0.15) is 0 Å². The highest BCUT2D eigenvalue weighted by molar-refractivity contribution is 5.83. The van der Waals surface area contributed by atoms with Crippen molar-refractivity contribution in [2.75, 3.05) is 0 Å². The quantitative estimate of drug-likeness (QED) is 0.219. The Balaban J connectivity index is 1.74. The molecule has 45 heavy (non-hydrogen) atoms. The van der Waals surface area contributed by atoms with Gasteiger partial charge in [0.15, 0.2) is 0 Å². The van der Waals surface area contributed by atoms with Crippen LogP contribution in [0.3, 0.4) is 0 Å². The topological polar surface area (TPSA) is 122 Å². The average Bonchev–Trinajstić information content (AvgIpc) is 3.31. The fourth-order valence-corrected chi connectivity index (χ4v) is 9.76. The van der Waals surface area contributed by atoms with E-state index in [0.717, 1.165) is 0 Å². The van der Waals surface area contributed by atoms with Crippen molar-refractivity contribution in [2.45, 2.75) is 139 Å². The Kier molecular flexibility index (Phi) is 9.24. The molecular weight excluding hydrogens is 576 g/mol. The molecule has 4 rings (SSSR count). The molecule has 0 amide bonds. The maximum absolute atomic E-state index is 14.4. The van der Waals surface area contributed by atoms with Crippen LogP contribution >= 0.6 is 0 Å². The van der Waals surface area contributed by atoms with Gasteiger partial charge in [-0.05, 0) is 84.9 Å². The van der Waals surface area contributed by atoms with Crippen LogP contribution in [0.4, 0.5) is 0 Å². The lowest BCUT2D eigenvalue weighted by Crippen LogP contribution is -2.60. The average molecular weight is 636 g/mol. The van der Waals surface area contributed by atoms with Gasteiger partial charge in [0.2, 0.25) is 0 Å². The van der Waals surface area contributed by atoms with Gasteiger partial charge in [-0.15, -0.1) is 0 Å². The van der Waals surface area contributed by atoms with Crippen LogP contribution in [0.1, 0.15) is 118 Å². The highest BCUT2D eigenvalue weighted by Gasteiger charge is 2.65. The maximum Gasteiger partial charge on any atom is 0.303 e. The summed E-state index contributed by atoms with van der Waals surface area (Å²) in [6.07, 6.45) is -3.15. The third kappa shape index (κ3) is 6.83. The Hall–Kier alpha value is -2.45. The molecule has 4 fully saturated rings. The van der Waals surface area contributed by atoms with Crippen LogP contribution in [-0.4, -0.2) is 54.1 Å². The van der Waals surface area contributed by atoms with Crippen LogP contribution in [0.2, 0.25) is 0 Å². The van der Waals surface area contributed by atoms with E-state index in [1.54, 1.807) is 0 Å². The molecule has 0 unspecified atom stereocenters. The Morgan fingerprint density at radius 1 is 0.800 bits per heavy atom. The van der Waals surface area contributed by atoms with E-state index in [2.05, 4.69) is 6.92 Å². The van der Waals surface area contributed by atoms with Crippen LogP contribution in [-0.2, 0) is 42.9 Å². The molecule has 4 saturated carbocycles. The first-order valence-electron chi connectivity index (χ1n) is 18.3. The summed E-state index contributed by atoms with van der Waals surface area (Å²) in [4.78, 5) is 63.3. The van der Waals surface area contributed by atoms with Crippen molar-refractivity contribution in [3.63, 3.8) is 0 Å². The van der Waals surface area contributed by atoms with Gasteiger partial charge in [-0.25, -0.2) is 0 Å². The van der Waals surface area contributed by atoms with Gasteiger partial charge in [0, 0.05) is 50.0 Å². The molecule has 0 radical (unpaired) electrons. The van der Waals surface area contributed by atoms with Crippen LogP contribution in [0.5, 0.6) is 0 Å². The summed E-state index contributed by atoms with van der Waals surface area (Å²) in [5.74, 6) is -6.32. The number of hydrogen-bond acceptors (Lipinski definition) is 9. The molecule has 0 saturated heterocycles. The minimum atomic E-state index is -2.33. The fraction of sp³-hybridized carbons (Fsp3) is 0.861. The van der Waals surface area contributed by atoms with Crippen molar-refractivity contribution in [3.8, 4) is 0 Å². The summed E-state index contributed by atoms with van der Waals surface area (Å²) in [5.41, 5.74) is -1.48. The zero-order valence-corrected chi connectivity index (χ0v) is 28.8. The van der Waals surface area contributed by atoms with E-state index in [-0.39, 0.29) is 48.3 Å². The lowest BCUT2D eigenvalue weighted by Gasteiger charge is -2.61. The number of ketones is 1. The molecule has 4 aliphatic carbocycles. The van der Waals surface area contributed by atoms with Gasteiger partial charge < -0.3 is 18.9 Å². The fourth-order valence-electron chi connectivity index (χ4n) is 9.76. The van der Waals surface area contributed by atoms with Crippen molar-refractivity contribution in [3.05, 3.63) is 0 Å². The molecule has 0 heterocycles. The Morgan fingerprint density at radius 3 is 1.91 bits per heavy atom. The van der Waals surface area contributed by atoms with Crippen molar-refractivity contribution in [2.24, 2.45) is 58.1 Å². The second kappa shape index (κ2) is 13.3. The first-order chi connectivity index (χ1) is 22.0. The molecular formula is C36H56O9. The SMILES string of the molecule is [2H]C1([2H])C(=O)[C@@]2([2H])C[C@H](OC(C)=O)[C@H](OC(C)=O)C[C@]2(C)[C@H]2CC[C@]3(C)[C@@H]([C@H](C)[C@@H](OC(C)=O)[C@H](OC(C)=O)[C@H](C)C(C)C)CC[C@H]3[C@@H]21. The van der Waals surface area contributed by atoms with Crippen LogP contribution in [0, 0.1) is 58.1 Å². The second-order valence-corrected chi connectivity index (χ2v) is 15.2. The summed E-state index contributed by atoms with van der Waals surface area (Å²) in [6, 6.07) is 0. The molecule has 13 atom stereocenters. The van der Waals surface area contributed by atoms with E-state index in [9.17, 15) is 28.1 Å². The number of hydrogen-bond donors (Lipinski definition) is 0. The predicted octanol–water partition coefficient (Wildman–Crippen LogP) is 6.09. The van der Waals surface area contributed by atoms with Crippen molar-refractivity contribution >= 4 is 29.7 Å². The molecule has 0 N–H and O–H groups in total. The zero-order valence-electron chi connectivity index (χ0n) is 31.8. The van der Waals surface area contributed by atoms with E-state index in [0.29, 0.717) is 25.7 Å². The molecule has 0 aromatic heterocycles. The lowest BCUT2D eigenvalue weighted by atomic mass is 9.43. The smallest absolute Gasteiger partial charge is 0.303 e. The number of rotatable bonds is 9. The van der Waals surface area contributed by atoms with E-state index in [1.807, 2.05) is 34.6 Å². The molecule has 0 aromatic carbocycles. The number of ether oxygens (including phenoxy) is 4. The minimum Gasteiger partial charge on any atom is -0.459 e. The van der Waals surface area contributed by atoms with Gasteiger partial charge in [0.25, 0.3) is 0 Å². The summed E-state index contributed by atoms with van der Waals surface area (Å²) in [7, 11) is 0. The number of carbonyl (C=O) groups is 5. The highest BCUT2D eigenvalue weighted by atomic mass is 16.6. The van der Waals surface area contributed by atoms with Gasteiger partial charge >= 0.3 is 23.9 Å². The van der Waals surface area contributed by atoms with E-state index in [4.69, 9.17) is 18.9 Å². The zero-order chi connectivity index (χ0) is 36.3. The Labute approximate surface area is 273 Å². The summed E-state index contributed by atoms with van der Waals surface area (Å²) in [5, 5.41) is 0. The van der Waals surface area contributed by atoms with Gasteiger partial charge in [-0.3, -0.25) is 24.0 Å². The molecule has 0 spiro atoms. The van der Waals surface area contributed by atoms with Gasteiger partial charge in [-0.1, -0.05) is 41.5 Å².